The molecule has 0 spiro atoms. The van der Waals surface area contributed by atoms with E-state index in [9.17, 15) is 18.7 Å². The first-order chi connectivity index (χ1) is 9.44. The van der Waals surface area contributed by atoms with E-state index in [1.807, 2.05) is 0 Å². The minimum Gasteiger partial charge on any atom is -0.496 e. The van der Waals surface area contributed by atoms with E-state index in [0.717, 1.165) is 0 Å². The Labute approximate surface area is 113 Å². The summed E-state index contributed by atoms with van der Waals surface area (Å²) in [5.41, 5.74) is -2.12. The lowest BCUT2D eigenvalue weighted by atomic mass is 9.89. The molecule has 0 aromatic heterocycles. The highest BCUT2D eigenvalue weighted by Gasteiger charge is 2.78. The average Bonchev–Trinajstić information content (AvgIpc) is 3.01. The molecule has 0 saturated heterocycles. The first-order valence-corrected chi connectivity index (χ1v) is 6.11. The van der Waals surface area contributed by atoms with Crippen LogP contribution in [0.2, 0.25) is 0 Å². The van der Waals surface area contributed by atoms with Crippen molar-refractivity contribution < 1.29 is 23.4 Å². The predicted octanol–water partition coefficient (Wildman–Crippen LogP) is 3.21. The molecule has 1 unspecified atom stereocenters. The summed E-state index contributed by atoms with van der Waals surface area (Å²) in [5.74, 6) is -4.59. The van der Waals surface area contributed by atoms with Crippen molar-refractivity contribution in [3.05, 3.63) is 42.0 Å². The van der Waals surface area contributed by atoms with Crippen LogP contribution in [0.25, 0.3) is 10.8 Å². The summed E-state index contributed by atoms with van der Waals surface area (Å²) in [6.07, 6.45) is -0.695. The number of fused-ring (bicyclic) bond motifs is 1. The Balaban J connectivity index is 2.38. The SMILES string of the molecule is COc1ccc2ccccc2c1C1(C(=O)O)CC1(F)F. The van der Waals surface area contributed by atoms with Gasteiger partial charge in [-0.25, -0.2) is 8.78 Å². The van der Waals surface area contributed by atoms with Crippen molar-refractivity contribution in [2.75, 3.05) is 7.11 Å². The van der Waals surface area contributed by atoms with Gasteiger partial charge in [-0.2, -0.15) is 0 Å². The molecule has 1 atom stereocenters. The van der Waals surface area contributed by atoms with Gasteiger partial charge in [0.15, 0.2) is 5.41 Å². The molecule has 5 heteroatoms. The molecule has 1 aliphatic rings. The van der Waals surface area contributed by atoms with E-state index in [4.69, 9.17) is 4.74 Å². The van der Waals surface area contributed by atoms with Crippen molar-refractivity contribution in [3.8, 4) is 5.75 Å². The lowest BCUT2D eigenvalue weighted by Gasteiger charge is -2.18. The van der Waals surface area contributed by atoms with E-state index >= 15 is 0 Å². The van der Waals surface area contributed by atoms with Crippen LogP contribution in [0, 0.1) is 0 Å². The van der Waals surface area contributed by atoms with Gasteiger partial charge in [-0.3, -0.25) is 4.79 Å². The van der Waals surface area contributed by atoms with Gasteiger partial charge >= 0.3 is 5.97 Å². The number of alkyl halides is 2. The summed E-state index contributed by atoms with van der Waals surface area (Å²) >= 11 is 0. The zero-order valence-corrected chi connectivity index (χ0v) is 10.7. The maximum Gasteiger partial charge on any atom is 0.320 e. The molecule has 0 bridgehead atoms. The maximum atomic E-state index is 13.8. The zero-order valence-electron chi connectivity index (χ0n) is 10.7. The highest BCUT2D eigenvalue weighted by molar-refractivity contribution is 5.98. The number of halogens is 2. The van der Waals surface area contributed by atoms with Crippen molar-refractivity contribution in [2.24, 2.45) is 0 Å². The summed E-state index contributed by atoms with van der Waals surface area (Å²) in [5, 5.41) is 10.5. The second-order valence-corrected chi connectivity index (χ2v) is 4.96. The number of methoxy groups -OCH3 is 1. The van der Waals surface area contributed by atoms with Gasteiger partial charge in [0, 0.05) is 12.0 Å². The molecule has 104 valence electrons. The van der Waals surface area contributed by atoms with Crippen LogP contribution >= 0.6 is 0 Å². The van der Waals surface area contributed by atoms with Gasteiger partial charge in [0.25, 0.3) is 5.92 Å². The number of carbonyl (C=O) groups is 1. The number of rotatable bonds is 3. The molecule has 2 aromatic rings. The first-order valence-electron chi connectivity index (χ1n) is 6.11. The summed E-state index contributed by atoms with van der Waals surface area (Å²) in [4.78, 5) is 11.5. The average molecular weight is 278 g/mol. The van der Waals surface area contributed by atoms with Crippen molar-refractivity contribution in [3.63, 3.8) is 0 Å². The fourth-order valence-corrected chi connectivity index (χ4v) is 2.76. The Morgan fingerprint density at radius 2 is 1.90 bits per heavy atom. The summed E-state index contributed by atoms with van der Waals surface area (Å²) in [6.45, 7) is 0. The Kier molecular flexibility index (Phi) is 2.51. The number of carboxylic acid groups (broad SMARTS) is 1. The molecule has 20 heavy (non-hydrogen) atoms. The Hall–Kier alpha value is -2.17. The monoisotopic (exact) mass is 278 g/mol. The van der Waals surface area contributed by atoms with E-state index in [-0.39, 0.29) is 11.3 Å². The smallest absolute Gasteiger partial charge is 0.320 e. The molecule has 3 rings (SSSR count). The van der Waals surface area contributed by atoms with Crippen LogP contribution in [-0.2, 0) is 10.2 Å². The zero-order chi connectivity index (χ0) is 14.5. The third kappa shape index (κ3) is 1.46. The molecule has 1 saturated carbocycles. The molecule has 3 nitrogen and oxygen atoms in total. The van der Waals surface area contributed by atoms with Crippen LogP contribution in [0.4, 0.5) is 8.78 Å². The quantitative estimate of drug-likeness (QED) is 0.937. The molecular formula is C15H12F2O3. The summed E-state index contributed by atoms with van der Waals surface area (Å²) < 4.78 is 32.7. The van der Waals surface area contributed by atoms with Gasteiger partial charge < -0.3 is 9.84 Å². The van der Waals surface area contributed by atoms with E-state index in [2.05, 4.69) is 0 Å². The molecule has 1 aliphatic carbocycles. The lowest BCUT2D eigenvalue weighted by molar-refractivity contribution is -0.143. The number of carboxylic acids is 1. The fraction of sp³-hybridized carbons (Fsp3) is 0.267. The third-order valence-electron chi connectivity index (χ3n) is 3.89. The Bertz CT molecular complexity index is 711. The van der Waals surface area contributed by atoms with Gasteiger partial charge in [0.05, 0.1) is 7.11 Å². The van der Waals surface area contributed by atoms with E-state index in [1.54, 1.807) is 30.3 Å². The second kappa shape index (κ2) is 3.91. The van der Waals surface area contributed by atoms with Crippen LogP contribution in [0.3, 0.4) is 0 Å². The highest BCUT2D eigenvalue weighted by atomic mass is 19.3. The van der Waals surface area contributed by atoms with Crippen LogP contribution in [0.5, 0.6) is 5.75 Å². The number of ether oxygens (including phenoxy) is 1. The number of hydrogen-bond acceptors (Lipinski definition) is 2. The van der Waals surface area contributed by atoms with E-state index < -0.39 is 23.7 Å². The number of hydrogen-bond donors (Lipinski definition) is 1. The Morgan fingerprint density at radius 3 is 2.45 bits per heavy atom. The van der Waals surface area contributed by atoms with Crippen molar-refractivity contribution in [1.82, 2.24) is 0 Å². The highest BCUT2D eigenvalue weighted by Crippen LogP contribution is 2.64. The summed E-state index contributed by atoms with van der Waals surface area (Å²) in [6, 6.07) is 10.1. The number of benzene rings is 2. The van der Waals surface area contributed by atoms with Crippen LogP contribution in [0.15, 0.2) is 36.4 Å². The van der Waals surface area contributed by atoms with Crippen molar-refractivity contribution >= 4 is 16.7 Å². The molecule has 0 aliphatic heterocycles. The summed E-state index contributed by atoms with van der Waals surface area (Å²) in [7, 11) is 1.35. The van der Waals surface area contributed by atoms with Gasteiger partial charge in [-0.15, -0.1) is 0 Å². The standard InChI is InChI=1S/C15H12F2O3/c1-20-11-7-6-9-4-2-3-5-10(9)12(11)14(13(18)19)8-15(14,16)17/h2-7H,8H2,1H3,(H,18,19). The van der Waals surface area contributed by atoms with Gasteiger partial charge in [0.2, 0.25) is 0 Å². The van der Waals surface area contributed by atoms with Gasteiger partial charge in [-0.05, 0) is 16.8 Å². The van der Waals surface area contributed by atoms with Gasteiger partial charge in [0.1, 0.15) is 5.75 Å². The molecular weight excluding hydrogens is 266 g/mol. The molecule has 1 N–H and O–H groups in total. The second-order valence-electron chi connectivity index (χ2n) is 4.96. The predicted molar refractivity (Wildman–Crippen MR) is 69.4 cm³/mol. The largest absolute Gasteiger partial charge is 0.496 e. The first kappa shape index (κ1) is 12.8. The normalized spacial score (nSPS) is 23.6. The van der Waals surface area contributed by atoms with Gasteiger partial charge in [-0.1, -0.05) is 30.3 Å². The number of aliphatic carboxylic acids is 1. The molecule has 2 aromatic carbocycles. The topological polar surface area (TPSA) is 46.5 Å². The van der Waals surface area contributed by atoms with Crippen molar-refractivity contribution in [2.45, 2.75) is 17.8 Å². The van der Waals surface area contributed by atoms with Crippen LogP contribution in [-0.4, -0.2) is 24.1 Å². The Morgan fingerprint density at radius 1 is 1.25 bits per heavy atom. The fourth-order valence-electron chi connectivity index (χ4n) is 2.76. The minimum absolute atomic E-state index is 0.0654. The maximum absolute atomic E-state index is 13.8. The van der Waals surface area contributed by atoms with E-state index in [1.165, 1.54) is 13.2 Å². The van der Waals surface area contributed by atoms with Crippen molar-refractivity contribution in [1.29, 1.82) is 0 Å². The van der Waals surface area contributed by atoms with E-state index in [0.29, 0.717) is 10.8 Å². The third-order valence-corrected chi connectivity index (χ3v) is 3.89. The molecule has 0 amide bonds. The lowest BCUT2D eigenvalue weighted by Crippen LogP contribution is -2.28. The molecule has 0 heterocycles. The van der Waals surface area contributed by atoms with Crippen LogP contribution in [0.1, 0.15) is 12.0 Å². The molecule has 1 fully saturated rings. The minimum atomic E-state index is -3.25. The molecule has 0 radical (unpaired) electrons. The van der Waals surface area contributed by atoms with Crippen LogP contribution < -0.4 is 4.74 Å².